The van der Waals surface area contributed by atoms with E-state index < -0.39 is 0 Å². The van der Waals surface area contributed by atoms with Gasteiger partial charge < -0.3 is 10.6 Å². The lowest BCUT2D eigenvalue weighted by Crippen LogP contribution is -2.61. The molecular formula is C23H32N2O3. The topological polar surface area (TPSA) is 75.3 Å². The summed E-state index contributed by atoms with van der Waals surface area (Å²) < 4.78 is 0. The summed E-state index contributed by atoms with van der Waals surface area (Å²) in [5.74, 6) is 1.67. The zero-order valence-electron chi connectivity index (χ0n) is 17.4. The molecule has 0 radical (unpaired) electrons. The van der Waals surface area contributed by atoms with E-state index in [1.165, 1.54) is 0 Å². The fourth-order valence-corrected chi connectivity index (χ4v) is 7.02. The number of hydrogen-bond donors (Lipinski definition) is 2. The summed E-state index contributed by atoms with van der Waals surface area (Å²) in [6.45, 7) is 7.76. The van der Waals surface area contributed by atoms with Crippen LogP contribution in [0.15, 0.2) is 23.9 Å². The Bertz CT molecular complexity index is 785. The molecule has 0 aliphatic heterocycles. The molecule has 0 saturated heterocycles. The molecule has 0 aromatic rings. The van der Waals surface area contributed by atoms with Crippen LogP contribution in [0.5, 0.6) is 0 Å². The van der Waals surface area contributed by atoms with E-state index >= 15 is 0 Å². The summed E-state index contributed by atoms with van der Waals surface area (Å²) >= 11 is 0. The number of hydrogen-bond acceptors (Lipinski definition) is 3. The first-order chi connectivity index (χ1) is 13.1. The smallest absolute Gasteiger partial charge is 0.221 e. The first kappa shape index (κ1) is 19.4. The van der Waals surface area contributed by atoms with E-state index in [2.05, 4.69) is 36.6 Å². The van der Waals surface area contributed by atoms with Gasteiger partial charge in [0.15, 0.2) is 5.78 Å². The molecule has 7 atom stereocenters. The molecule has 2 fully saturated rings. The molecule has 0 heterocycles. The molecular weight excluding hydrogens is 352 g/mol. The molecule has 0 bridgehead atoms. The van der Waals surface area contributed by atoms with E-state index in [4.69, 9.17) is 0 Å². The molecule has 4 aliphatic carbocycles. The highest BCUT2D eigenvalue weighted by Gasteiger charge is 2.60. The Kier molecular flexibility index (Phi) is 4.55. The summed E-state index contributed by atoms with van der Waals surface area (Å²) in [7, 11) is 0. The van der Waals surface area contributed by atoms with Crippen molar-refractivity contribution in [1.82, 2.24) is 10.6 Å². The van der Waals surface area contributed by atoms with Gasteiger partial charge in [-0.05, 0) is 60.8 Å². The summed E-state index contributed by atoms with van der Waals surface area (Å²) in [6, 6.07) is 0.0922. The van der Waals surface area contributed by atoms with Crippen molar-refractivity contribution >= 4 is 17.6 Å². The number of carbonyl (C=O) groups is 3. The third-order valence-electron chi connectivity index (χ3n) is 8.37. The molecule has 2 N–H and O–H groups in total. The molecule has 4 rings (SSSR count). The average Bonchev–Trinajstić information content (AvgIpc) is 2.92. The zero-order valence-corrected chi connectivity index (χ0v) is 17.4. The fraction of sp³-hybridized carbons (Fsp3) is 0.696. The number of ketones is 1. The van der Waals surface area contributed by atoms with Crippen LogP contribution in [0.25, 0.3) is 0 Å². The number of allylic oxidation sites excluding steroid dienone is 4. The SMILES string of the molecule is CC(=O)NC1=CC[C@H]2[C@@H]3C(NC(C)=O)CC4CC(=O)C=C[C@]4(C)[C@@H]3CC[C@]12C. The second-order valence-electron chi connectivity index (χ2n) is 9.89. The van der Waals surface area contributed by atoms with Crippen molar-refractivity contribution in [2.45, 2.75) is 65.8 Å². The van der Waals surface area contributed by atoms with E-state index in [0.29, 0.717) is 24.2 Å². The minimum atomic E-state index is -0.0546. The third kappa shape index (κ3) is 2.85. The first-order valence-corrected chi connectivity index (χ1v) is 10.6. The molecule has 2 saturated carbocycles. The highest BCUT2D eigenvalue weighted by atomic mass is 16.2. The standard InChI is InChI=1S/C23H32N2O3/c1-13(26)24-19-12-15-11-16(28)7-9-22(15,3)18-8-10-23(4)17(21(18)19)5-6-20(23)25-14(2)27/h6-7,9,15,17-19,21H,5,8,10-12H2,1-4H3,(H,24,26)(H,25,27)/t15?,17-,18+,19?,21-,22-,23-/m0/s1. The van der Waals surface area contributed by atoms with Gasteiger partial charge in [0.1, 0.15) is 0 Å². The molecule has 28 heavy (non-hydrogen) atoms. The van der Waals surface area contributed by atoms with Gasteiger partial charge in [-0.25, -0.2) is 0 Å². The van der Waals surface area contributed by atoms with Crippen LogP contribution in [0.1, 0.15) is 59.8 Å². The Morgan fingerprint density at radius 1 is 1.14 bits per heavy atom. The number of nitrogens with one attached hydrogen (secondary N) is 2. The van der Waals surface area contributed by atoms with Crippen molar-refractivity contribution in [3.8, 4) is 0 Å². The highest BCUT2D eigenvalue weighted by Crippen LogP contribution is 2.64. The lowest BCUT2D eigenvalue weighted by molar-refractivity contribution is -0.128. The predicted molar refractivity (Wildman–Crippen MR) is 107 cm³/mol. The van der Waals surface area contributed by atoms with Crippen LogP contribution in [-0.4, -0.2) is 23.6 Å². The van der Waals surface area contributed by atoms with E-state index in [0.717, 1.165) is 31.4 Å². The molecule has 5 nitrogen and oxygen atoms in total. The van der Waals surface area contributed by atoms with Crippen LogP contribution in [0.2, 0.25) is 0 Å². The van der Waals surface area contributed by atoms with Gasteiger partial charge in [-0.1, -0.05) is 26.0 Å². The highest BCUT2D eigenvalue weighted by molar-refractivity contribution is 5.91. The van der Waals surface area contributed by atoms with E-state index in [-0.39, 0.29) is 40.4 Å². The number of carbonyl (C=O) groups excluding carboxylic acids is 3. The van der Waals surface area contributed by atoms with Gasteiger partial charge in [-0.2, -0.15) is 0 Å². The number of amides is 2. The molecule has 0 aromatic carbocycles. The maximum atomic E-state index is 12.1. The Morgan fingerprint density at radius 2 is 1.89 bits per heavy atom. The molecule has 152 valence electrons. The van der Waals surface area contributed by atoms with Gasteiger partial charge in [0, 0.05) is 37.4 Å². The van der Waals surface area contributed by atoms with Crippen molar-refractivity contribution < 1.29 is 14.4 Å². The summed E-state index contributed by atoms with van der Waals surface area (Å²) in [5.41, 5.74) is 1.01. The van der Waals surface area contributed by atoms with Crippen LogP contribution in [-0.2, 0) is 14.4 Å². The number of rotatable bonds is 2. The molecule has 5 heteroatoms. The average molecular weight is 385 g/mol. The normalized spacial score (nSPS) is 44.1. The third-order valence-corrected chi connectivity index (χ3v) is 8.37. The van der Waals surface area contributed by atoms with Gasteiger partial charge in [0.25, 0.3) is 0 Å². The Balaban J connectivity index is 1.71. The minimum Gasteiger partial charge on any atom is -0.353 e. The van der Waals surface area contributed by atoms with Gasteiger partial charge in [-0.15, -0.1) is 0 Å². The lowest BCUT2D eigenvalue weighted by atomic mass is 9.45. The van der Waals surface area contributed by atoms with E-state index in [1.54, 1.807) is 19.9 Å². The van der Waals surface area contributed by atoms with Crippen LogP contribution in [0.4, 0.5) is 0 Å². The van der Waals surface area contributed by atoms with Crippen molar-refractivity contribution in [3.05, 3.63) is 23.9 Å². The van der Waals surface area contributed by atoms with Crippen LogP contribution >= 0.6 is 0 Å². The van der Waals surface area contributed by atoms with Crippen molar-refractivity contribution in [3.63, 3.8) is 0 Å². The quantitative estimate of drug-likeness (QED) is 0.768. The van der Waals surface area contributed by atoms with Gasteiger partial charge in [0.05, 0.1) is 0 Å². The molecule has 4 aliphatic rings. The summed E-state index contributed by atoms with van der Waals surface area (Å²) in [4.78, 5) is 35.8. The largest absolute Gasteiger partial charge is 0.353 e. The maximum absolute atomic E-state index is 12.1. The van der Waals surface area contributed by atoms with Gasteiger partial charge in [-0.3, -0.25) is 14.4 Å². The van der Waals surface area contributed by atoms with Crippen molar-refractivity contribution in [2.24, 2.45) is 34.5 Å². The predicted octanol–water partition coefficient (Wildman–Crippen LogP) is 3.12. The second kappa shape index (κ2) is 6.57. The van der Waals surface area contributed by atoms with Crippen molar-refractivity contribution in [1.29, 1.82) is 0 Å². The maximum Gasteiger partial charge on any atom is 0.221 e. The lowest BCUT2D eigenvalue weighted by Gasteiger charge is -2.61. The van der Waals surface area contributed by atoms with Crippen LogP contribution < -0.4 is 10.6 Å². The summed E-state index contributed by atoms with van der Waals surface area (Å²) in [6.07, 6.45) is 10.6. The van der Waals surface area contributed by atoms with Gasteiger partial charge >= 0.3 is 0 Å². The summed E-state index contributed by atoms with van der Waals surface area (Å²) in [5, 5.41) is 6.33. The molecule has 2 unspecified atom stereocenters. The minimum absolute atomic E-state index is 0.00495. The Morgan fingerprint density at radius 3 is 2.57 bits per heavy atom. The van der Waals surface area contributed by atoms with Crippen LogP contribution in [0.3, 0.4) is 0 Å². The number of fused-ring (bicyclic) bond motifs is 5. The monoisotopic (exact) mass is 384 g/mol. The second-order valence-corrected chi connectivity index (χ2v) is 9.89. The van der Waals surface area contributed by atoms with Crippen molar-refractivity contribution in [2.75, 3.05) is 0 Å². The van der Waals surface area contributed by atoms with E-state index in [1.807, 2.05) is 0 Å². The molecule has 0 spiro atoms. The van der Waals surface area contributed by atoms with Crippen LogP contribution in [0, 0.1) is 34.5 Å². The fourth-order valence-electron chi connectivity index (χ4n) is 7.02. The van der Waals surface area contributed by atoms with Gasteiger partial charge in [0.2, 0.25) is 11.8 Å². The molecule has 2 amide bonds. The van der Waals surface area contributed by atoms with E-state index in [9.17, 15) is 14.4 Å². The zero-order chi connectivity index (χ0) is 20.3. The molecule has 0 aromatic heterocycles. The first-order valence-electron chi connectivity index (χ1n) is 10.6. The Labute approximate surface area is 167 Å². The Hall–Kier alpha value is -1.91.